The van der Waals surface area contributed by atoms with E-state index in [1.807, 2.05) is 12.1 Å². The first kappa shape index (κ1) is 15.9. The normalized spacial score (nSPS) is 11.1. The van der Waals surface area contributed by atoms with Crippen LogP contribution in [0, 0.1) is 0 Å². The Bertz CT molecular complexity index is 797. The van der Waals surface area contributed by atoms with Gasteiger partial charge in [-0.05, 0) is 44.0 Å². The molecule has 3 rings (SSSR count). The molecule has 3 aromatic rings. The van der Waals surface area contributed by atoms with Gasteiger partial charge in [0.2, 0.25) is 0 Å². The van der Waals surface area contributed by atoms with Gasteiger partial charge in [0.15, 0.2) is 0 Å². The number of carbonyl (C=O) groups is 2. The van der Waals surface area contributed by atoms with Crippen molar-refractivity contribution in [1.82, 2.24) is 0 Å². The van der Waals surface area contributed by atoms with Crippen LogP contribution in [0.5, 0.6) is 0 Å². The van der Waals surface area contributed by atoms with Gasteiger partial charge in [-0.25, -0.2) is 9.59 Å². The van der Waals surface area contributed by atoms with E-state index in [1.165, 1.54) is 36.9 Å². The number of esters is 2. The van der Waals surface area contributed by atoms with Crippen molar-refractivity contribution < 1.29 is 19.1 Å². The Labute approximate surface area is 150 Å². The van der Waals surface area contributed by atoms with Crippen LogP contribution < -0.4 is 0 Å². The zero-order valence-electron chi connectivity index (χ0n) is 11.4. The SMILES string of the molecule is COC(=O)c1c2cc(Br)sc2c(C(=O)OC)c2cc(Br)sc12. The Morgan fingerprint density at radius 1 is 0.864 bits per heavy atom. The molecule has 0 aliphatic carbocycles. The second-order valence-corrected chi connectivity index (χ2v) is 9.18. The van der Waals surface area contributed by atoms with Crippen LogP contribution in [0.4, 0.5) is 0 Å². The third kappa shape index (κ3) is 2.38. The van der Waals surface area contributed by atoms with Crippen LogP contribution in [0.15, 0.2) is 19.7 Å². The van der Waals surface area contributed by atoms with Crippen molar-refractivity contribution in [2.75, 3.05) is 14.2 Å². The number of hydrogen-bond acceptors (Lipinski definition) is 6. The van der Waals surface area contributed by atoms with Gasteiger partial charge in [-0.2, -0.15) is 0 Å². The lowest BCUT2D eigenvalue weighted by atomic mass is 10.0. The topological polar surface area (TPSA) is 52.6 Å². The predicted octanol–water partition coefficient (Wildman–Crippen LogP) is 5.21. The number of fused-ring (bicyclic) bond motifs is 2. The van der Waals surface area contributed by atoms with Crippen LogP contribution in [0.2, 0.25) is 0 Å². The van der Waals surface area contributed by atoms with E-state index in [4.69, 9.17) is 9.47 Å². The van der Waals surface area contributed by atoms with E-state index < -0.39 is 11.9 Å². The Balaban J connectivity index is 2.58. The van der Waals surface area contributed by atoms with Gasteiger partial charge in [-0.15, -0.1) is 22.7 Å². The fraction of sp³-hybridized carbons (Fsp3) is 0.143. The molecule has 0 unspecified atom stereocenters. The molecular formula is C14H8Br2O4S2. The van der Waals surface area contributed by atoms with Gasteiger partial charge in [-0.3, -0.25) is 0 Å². The predicted molar refractivity (Wildman–Crippen MR) is 95.3 cm³/mol. The standard InChI is InChI=1S/C14H8Br2O4S2/c1-19-13(17)9-5-3-7(15)22-12(5)10(14(18)20-2)6-4-8(16)21-11(6)9/h3-4H,1-2H3. The summed E-state index contributed by atoms with van der Waals surface area (Å²) in [6.07, 6.45) is 0. The lowest BCUT2D eigenvalue weighted by molar-refractivity contribution is 0.0593. The molecule has 22 heavy (non-hydrogen) atoms. The van der Waals surface area contributed by atoms with E-state index in [0.29, 0.717) is 31.3 Å². The average Bonchev–Trinajstić information content (AvgIpc) is 3.04. The quantitative estimate of drug-likeness (QED) is 0.489. The third-order valence-corrected chi connectivity index (χ3v) is 6.49. The van der Waals surface area contributed by atoms with Crippen molar-refractivity contribution in [2.24, 2.45) is 0 Å². The summed E-state index contributed by atoms with van der Waals surface area (Å²) in [5, 5.41) is 1.37. The van der Waals surface area contributed by atoms with Gasteiger partial charge < -0.3 is 9.47 Å². The maximum absolute atomic E-state index is 12.3. The van der Waals surface area contributed by atoms with Crippen LogP contribution >= 0.6 is 54.5 Å². The molecule has 114 valence electrons. The van der Waals surface area contributed by atoms with Crippen molar-refractivity contribution in [3.8, 4) is 0 Å². The minimum absolute atomic E-state index is 0.425. The molecule has 0 fully saturated rings. The second-order valence-electron chi connectivity index (χ2n) is 4.32. The van der Waals surface area contributed by atoms with Crippen LogP contribution in [-0.2, 0) is 9.47 Å². The minimum Gasteiger partial charge on any atom is -0.465 e. The van der Waals surface area contributed by atoms with Gasteiger partial charge in [0.05, 0.1) is 42.3 Å². The first-order valence-electron chi connectivity index (χ1n) is 5.98. The number of carbonyl (C=O) groups excluding carboxylic acids is 2. The highest BCUT2D eigenvalue weighted by molar-refractivity contribution is 9.11. The Morgan fingerprint density at radius 3 is 1.55 bits per heavy atom. The lowest BCUT2D eigenvalue weighted by Crippen LogP contribution is -2.06. The molecule has 0 spiro atoms. The van der Waals surface area contributed by atoms with E-state index in [1.54, 1.807) is 0 Å². The molecule has 0 saturated carbocycles. The Kier molecular flexibility index (Phi) is 4.28. The number of halogens is 2. The number of methoxy groups -OCH3 is 2. The molecule has 2 aromatic heterocycles. The smallest absolute Gasteiger partial charge is 0.339 e. The monoisotopic (exact) mass is 462 g/mol. The highest BCUT2D eigenvalue weighted by Crippen LogP contribution is 2.44. The number of hydrogen-bond donors (Lipinski definition) is 0. The second kappa shape index (κ2) is 5.92. The molecule has 0 atom stereocenters. The first-order chi connectivity index (χ1) is 10.5. The molecule has 0 amide bonds. The summed E-state index contributed by atoms with van der Waals surface area (Å²) in [5.74, 6) is -0.850. The zero-order chi connectivity index (χ0) is 16.0. The van der Waals surface area contributed by atoms with E-state index in [0.717, 1.165) is 7.57 Å². The fourth-order valence-electron chi connectivity index (χ4n) is 2.32. The summed E-state index contributed by atoms with van der Waals surface area (Å²) >= 11 is 9.61. The van der Waals surface area contributed by atoms with Gasteiger partial charge in [0, 0.05) is 10.8 Å². The molecule has 0 saturated heterocycles. The van der Waals surface area contributed by atoms with Gasteiger partial charge in [0.25, 0.3) is 0 Å². The number of thiophene rings is 2. The molecule has 4 nitrogen and oxygen atoms in total. The number of ether oxygens (including phenoxy) is 2. The van der Waals surface area contributed by atoms with Gasteiger partial charge >= 0.3 is 11.9 Å². The van der Waals surface area contributed by atoms with Gasteiger partial charge in [-0.1, -0.05) is 0 Å². The molecule has 2 heterocycles. The van der Waals surface area contributed by atoms with E-state index in [-0.39, 0.29) is 0 Å². The number of rotatable bonds is 2. The van der Waals surface area contributed by atoms with Crippen LogP contribution in [-0.4, -0.2) is 26.2 Å². The average molecular weight is 464 g/mol. The summed E-state index contributed by atoms with van der Waals surface area (Å²) in [7, 11) is 2.69. The molecule has 1 aromatic carbocycles. The Morgan fingerprint density at radius 2 is 1.23 bits per heavy atom. The highest BCUT2D eigenvalue weighted by Gasteiger charge is 2.26. The minimum atomic E-state index is -0.425. The molecule has 0 aliphatic rings. The van der Waals surface area contributed by atoms with Crippen molar-refractivity contribution in [2.45, 2.75) is 0 Å². The maximum atomic E-state index is 12.3. The van der Waals surface area contributed by atoms with Crippen LogP contribution in [0.3, 0.4) is 0 Å². The molecule has 0 N–H and O–H groups in total. The molecule has 0 bridgehead atoms. The largest absolute Gasteiger partial charge is 0.465 e. The summed E-state index contributed by atoms with van der Waals surface area (Å²) in [4.78, 5) is 24.5. The maximum Gasteiger partial charge on any atom is 0.339 e. The third-order valence-electron chi connectivity index (χ3n) is 3.18. The molecule has 8 heteroatoms. The highest BCUT2D eigenvalue weighted by atomic mass is 79.9. The number of benzene rings is 1. The zero-order valence-corrected chi connectivity index (χ0v) is 16.2. The summed E-state index contributed by atoms with van der Waals surface area (Å²) in [6, 6.07) is 3.65. The summed E-state index contributed by atoms with van der Waals surface area (Å²) in [6.45, 7) is 0. The summed E-state index contributed by atoms with van der Waals surface area (Å²) in [5.41, 5.74) is 0.940. The van der Waals surface area contributed by atoms with Crippen molar-refractivity contribution in [1.29, 1.82) is 0 Å². The van der Waals surface area contributed by atoms with Gasteiger partial charge in [0.1, 0.15) is 0 Å². The lowest BCUT2D eigenvalue weighted by Gasteiger charge is -2.08. The Hall–Kier alpha value is -0.960. The van der Waals surface area contributed by atoms with Crippen molar-refractivity contribution in [3.05, 3.63) is 30.8 Å². The van der Waals surface area contributed by atoms with Crippen LogP contribution in [0.25, 0.3) is 20.2 Å². The molecule has 0 aliphatic heterocycles. The van der Waals surface area contributed by atoms with Crippen LogP contribution in [0.1, 0.15) is 20.7 Å². The van der Waals surface area contributed by atoms with Crippen molar-refractivity contribution in [3.63, 3.8) is 0 Å². The van der Waals surface area contributed by atoms with E-state index >= 15 is 0 Å². The fourth-order valence-corrected chi connectivity index (χ4v) is 5.62. The first-order valence-corrected chi connectivity index (χ1v) is 9.20. The van der Waals surface area contributed by atoms with E-state index in [9.17, 15) is 9.59 Å². The van der Waals surface area contributed by atoms with E-state index in [2.05, 4.69) is 31.9 Å². The molecular weight excluding hydrogens is 456 g/mol. The summed E-state index contributed by atoms with van der Waals surface area (Å²) < 4.78 is 12.9. The molecule has 0 radical (unpaired) electrons. The van der Waals surface area contributed by atoms with Crippen molar-refractivity contribution >= 4 is 86.6 Å².